The molecule has 0 spiro atoms. The number of hydrogen-bond acceptors (Lipinski definition) is 4. The van der Waals surface area contributed by atoms with Gasteiger partial charge in [0, 0.05) is 5.56 Å². The number of benzene rings is 3. The summed E-state index contributed by atoms with van der Waals surface area (Å²) in [5.41, 5.74) is 2.38. The van der Waals surface area contributed by atoms with E-state index in [4.69, 9.17) is 4.74 Å². The molecule has 0 bridgehead atoms. The topological polar surface area (TPSA) is 51.0 Å². The second-order valence-electron chi connectivity index (χ2n) is 5.11. The molecule has 0 radical (unpaired) electrons. The smallest absolute Gasteiger partial charge is 0.195 e. The van der Waals surface area contributed by atoms with Gasteiger partial charge in [-0.1, -0.05) is 30.3 Å². The maximum Gasteiger partial charge on any atom is 0.195 e. The second-order valence-corrected chi connectivity index (χ2v) is 5.11. The quantitative estimate of drug-likeness (QED) is 0.471. The van der Waals surface area contributed by atoms with E-state index >= 15 is 0 Å². The van der Waals surface area contributed by atoms with Crippen molar-refractivity contribution in [3.05, 3.63) is 90.0 Å². The molecule has 4 heteroatoms. The van der Waals surface area contributed by atoms with Crippen LogP contribution in [0.1, 0.15) is 15.9 Å². The summed E-state index contributed by atoms with van der Waals surface area (Å²) in [6, 6.07) is 23.6. The Kier molecular flexibility index (Phi) is 4.77. The van der Waals surface area contributed by atoms with Gasteiger partial charge in [0.05, 0.1) is 24.0 Å². The Morgan fingerprint density at radius 2 is 1.46 bits per heavy atom. The van der Waals surface area contributed by atoms with Crippen molar-refractivity contribution in [3.8, 4) is 5.75 Å². The highest BCUT2D eigenvalue weighted by Crippen LogP contribution is 2.25. The molecule has 24 heavy (non-hydrogen) atoms. The highest BCUT2D eigenvalue weighted by molar-refractivity contribution is 6.11. The molecule has 0 saturated heterocycles. The Morgan fingerprint density at radius 1 is 0.792 bits per heavy atom. The fourth-order valence-electron chi connectivity index (χ4n) is 2.26. The zero-order valence-corrected chi connectivity index (χ0v) is 13.2. The van der Waals surface area contributed by atoms with E-state index in [9.17, 15) is 4.79 Å². The molecule has 0 atom stereocenters. The summed E-state index contributed by atoms with van der Waals surface area (Å²) in [7, 11) is 1.59. The minimum absolute atomic E-state index is 0.0970. The van der Waals surface area contributed by atoms with Crippen molar-refractivity contribution in [1.29, 1.82) is 0 Å². The predicted molar refractivity (Wildman–Crippen MR) is 93.5 cm³/mol. The number of ether oxygens (including phenoxy) is 1. The summed E-state index contributed by atoms with van der Waals surface area (Å²) in [5, 5.41) is 8.43. The van der Waals surface area contributed by atoms with E-state index in [1.807, 2.05) is 42.5 Å². The van der Waals surface area contributed by atoms with E-state index in [0.29, 0.717) is 22.6 Å². The van der Waals surface area contributed by atoms with E-state index < -0.39 is 0 Å². The maximum atomic E-state index is 12.7. The number of carbonyl (C=O) groups is 1. The molecule has 0 aliphatic carbocycles. The van der Waals surface area contributed by atoms with Gasteiger partial charge in [0.15, 0.2) is 5.78 Å². The summed E-state index contributed by atoms with van der Waals surface area (Å²) >= 11 is 0. The van der Waals surface area contributed by atoms with Crippen LogP contribution in [0, 0.1) is 0 Å². The summed E-state index contributed by atoms with van der Waals surface area (Å²) in [6.07, 6.45) is 0. The molecule has 3 aromatic rings. The lowest BCUT2D eigenvalue weighted by Gasteiger charge is -2.05. The SMILES string of the molecule is COc1ccc(C(=O)c2ccccc2N=Nc2ccccc2)cc1. The first-order valence-corrected chi connectivity index (χ1v) is 7.52. The summed E-state index contributed by atoms with van der Waals surface area (Å²) < 4.78 is 5.12. The van der Waals surface area contributed by atoms with Gasteiger partial charge in [-0.25, -0.2) is 0 Å². The van der Waals surface area contributed by atoms with Crippen molar-refractivity contribution >= 4 is 17.2 Å². The number of ketones is 1. The van der Waals surface area contributed by atoms with E-state index in [1.54, 1.807) is 43.5 Å². The van der Waals surface area contributed by atoms with Crippen LogP contribution in [0.2, 0.25) is 0 Å². The van der Waals surface area contributed by atoms with Gasteiger partial charge in [-0.2, -0.15) is 5.11 Å². The zero-order chi connectivity index (χ0) is 16.8. The molecular weight excluding hydrogens is 300 g/mol. The molecule has 118 valence electrons. The number of nitrogens with zero attached hydrogens (tertiary/aromatic N) is 2. The van der Waals surface area contributed by atoms with Crippen LogP contribution in [0.5, 0.6) is 5.75 Å². The Hall–Kier alpha value is -3.27. The third kappa shape index (κ3) is 3.55. The summed E-state index contributed by atoms with van der Waals surface area (Å²) in [5.74, 6) is 0.615. The minimum Gasteiger partial charge on any atom is -0.497 e. The van der Waals surface area contributed by atoms with Gasteiger partial charge in [0.1, 0.15) is 5.75 Å². The Labute approximate surface area is 140 Å². The molecule has 3 rings (SSSR count). The van der Waals surface area contributed by atoms with Gasteiger partial charge in [-0.3, -0.25) is 4.79 Å². The molecule has 0 N–H and O–H groups in total. The van der Waals surface area contributed by atoms with Crippen LogP contribution in [0.4, 0.5) is 11.4 Å². The van der Waals surface area contributed by atoms with Gasteiger partial charge in [-0.05, 0) is 48.5 Å². The number of azo groups is 1. The van der Waals surface area contributed by atoms with Gasteiger partial charge in [0.25, 0.3) is 0 Å². The molecule has 0 heterocycles. The Balaban J connectivity index is 1.90. The van der Waals surface area contributed by atoms with E-state index in [1.165, 1.54) is 0 Å². The van der Waals surface area contributed by atoms with Gasteiger partial charge in [0.2, 0.25) is 0 Å². The number of methoxy groups -OCH3 is 1. The lowest BCUT2D eigenvalue weighted by Crippen LogP contribution is -2.01. The van der Waals surface area contributed by atoms with Gasteiger partial charge < -0.3 is 4.74 Å². The Bertz CT molecular complexity index is 856. The molecule has 0 aliphatic heterocycles. The van der Waals surface area contributed by atoms with Gasteiger partial charge in [-0.15, -0.1) is 5.11 Å². The highest BCUT2D eigenvalue weighted by Gasteiger charge is 2.13. The zero-order valence-electron chi connectivity index (χ0n) is 13.2. The van der Waals surface area contributed by atoms with Crippen LogP contribution in [0.25, 0.3) is 0 Å². The standard InChI is InChI=1S/C20H16N2O2/c1-24-17-13-11-15(12-14-17)20(23)18-9-5-6-10-19(18)22-21-16-7-3-2-4-8-16/h2-14H,1H3. The Morgan fingerprint density at radius 3 is 2.17 bits per heavy atom. The van der Waals surface area contributed by atoms with Crippen molar-refractivity contribution < 1.29 is 9.53 Å². The van der Waals surface area contributed by atoms with E-state index in [-0.39, 0.29) is 5.78 Å². The minimum atomic E-state index is -0.0970. The van der Waals surface area contributed by atoms with E-state index in [0.717, 1.165) is 5.69 Å². The molecular formula is C20H16N2O2. The fourth-order valence-corrected chi connectivity index (χ4v) is 2.26. The number of hydrogen-bond donors (Lipinski definition) is 0. The summed E-state index contributed by atoms with van der Waals surface area (Å²) in [4.78, 5) is 12.7. The largest absolute Gasteiger partial charge is 0.497 e. The second kappa shape index (κ2) is 7.33. The highest BCUT2D eigenvalue weighted by atomic mass is 16.5. The van der Waals surface area contributed by atoms with Crippen LogP contribution in [-0.4, -0.2) is 12.9 Å². The average Bonchev–Trinajstić information content (AvgIpc) is 2.67. The van der Waals surface area contributed by atoms with Crippen LogP contribution in [0.3, 0.4) is 0 Å². The lowest BCUT2D eigenvalue weighted by molar-refractivity contribution is 0.103. The number of rotatable bonds is 5. The third-order valence-electron chi connectivity index (χ3n) is 3.53. The molecule has 0 saturated carbocycles. The molecule has 0 amide bonds. The van der Waals surface area contributed by atoms with Crippen LogP contribution >= 0.6 is 0 Å². The van der Waals surface area contributed by atoms with Gasteiger partial charge >= 0.3 is 0 Å². The van der Waals surface area contributed by atoms with Crippen molar-refractivity contribution in [2.75, 3.05) is 7.11 Å². The molecule has 0 aliphatic rings. The lowest BCUT2D eigenvalue weighted by atomic mass is 10.0. The predicted octanol–water partition coefficient (Wildman–Crippen LogP) is 5.34. The molecule has 3 aromatic carbocycles. The molecule has 4 nitrogen and oxygen atoms in total. The molecule has 0 aromatic heterocycles. The monoisotopic (exact) mass is 316 g/mol. The van der Waals surface area contributed by atoms with Crippen molar-refractivity contribution in [2.24, 2.45) is 10.2 Å². The van der Waals surface area contributed by atoms with Crippen molar-refractivity contribution in [1.82, 2.24) is 0 Å². The summed E-state index contributed by atoms with van der Waals surface area (Å²) in [6.45, 7) is 0. The molecule has 0 fully saturated rings. The first kappa shape index (κ1) is 15.6. The van der Waals surface area contributed by atoms with Crippen LogP contribution < -0.4 is 4.74 Å². The first-order valence-electron chi connectivity index (χ1n) is 7.52. The maximum absolute atomic E-state index is 12.7. The van der Waals surface area contributed by atoms with Crippen LogP contribution in [0.15, 0.2) is 89.1 Å². The number of carbonyl (C=O) groups excluding carboxylic acids is 1. The first-order chi connectivity index (χ1) is 11.8. The van der Waals surface area contributed by atoms with Crippen LogP contribution in [-0.2, 0) is 0 Å². The van der Waals surface area contributed by atoms with Crippen molar-refractivity contribution in [2.45, 2.75) is 0 Å². The van der Waals surface area contributed by atoms with E-state index in [2.05, 4.69) is 10.2 Å². The third-order valence-corrected chi connectivity index (χ3v) is 3.53. The average molecular weight is 316 g/mol. The van der Waals surface area contributed by atoms with Crippen molar-refractivity contribution in [3.63, 3.8) is 0 Å². The normalized spacial score (nSPS) is 10.7. The molecule has 0 unspecified atom stereocenters. The fraction of sp³-hybridized carbons (Fsp3) is 0.0500.